The average molecular weight is 489 g/mol. The molecule has 0 fully saturated rings. The molecule has 4 rings (SSSR count). The zero-order valence-electron chi connectivity index (χ0n) is 21.0. The van der Waals surface area contributed by atoms with Gasteiger partial charge in [-0.3, -0.25) is 14.5 Å². The van der Waals surface area contributed by atoms with Crippen molar-refractivity contribution in [1.82, 2.24) is 5.32 Å². The molecule has 7 nitrogen and oxygen atoms in total. The van der Waals surface area contributed by atoms with E-state index in [9.17, 15) is 9.59 Å². The van der Waals surface area contributed by atoms with Gasteiger partial charge in [-0.2, -0.15) is 0 Å². The van der Waals surface area contributed by atoms with E-state index in [1.807, 2.05) is 75.4 Å². The Labute approximate surface area is 212 Å². The van der Waals surface area contributed by atoms with Crippen molar-refractivity contribution in [1.29, 1.82) is 0 Å². The molecule has 1 atom stereocenters. The summed E-state index contributed by atoms with van der Waals surface area (Å²) in [5.74, 6) is 1.29. The second kappa shape index (κ2) is 11.6. The van der Waals surface area contributed by atoms with Crippen LogP contribution in [0.2, 0.25) is 0 Å². The van der Waals surface area contributed by atoms with E-state index < -0.39 is 6.04 Å². The van der Waals surface area contributed by atoms with Crippen molar-refractivity contribution in [3.8, 4) is 17.2 Å². The second-order valence-corrected chi connectivity index (χ2v) is 8.33. The molecule has 0 radical (unpaired) electrons. The van der Waals surface area contributed by atoms with Gasteiger partial charge in [0.05, 0.1) is 19.8 Å². The summed E-state index contributed by atoms with van der Waals surface area (Å²) in [6.07, 6.45) is 0.457. The molecule has 3 aromatic carbocycles. The Morgan fingerprint density at radius 1 is 0.861 bits per heavy atom. The number of nitrogens with zero attached hydrogens (tertiary/aromatic N) is 1. The molecule has 1 aliphatic heterocycles. The van der Waals surface area contributed by atoms with Crippen LogP contribution in [0, 0.1) is 0 Å². The van der Waals surface area contributed by atoms with Crippen molar-refractivity contribution in [2.75, 3.05) is 24.7 Å². The number of carbonyl (C=O) groups is 2. The molecular formula is C29H32N2O5. The molecule has 36 heavy (non-hydrogen) atoms. The average Bonchev–Trinajstić information content (AvgIpc) is 3.29. The minimum Gasteiger partial charge on any atom is -0.490 e. The number of nitrogens with one attached hydrogen (secondary N) is 1. The molecule has 3 aromatic rings. The van der Waals surface area contributed by atoms with E-state index >= 15 is 0 Å². The Hall–Kier alpha value is -4.00. The van der Waals surface area contributed by atoms with Crippen LogP contribution in [0.3, 0.4) is 0 Å². The van der Waals surface area contributed by atoms with Crippen LogP contribution in [0.1, 0.15) is 42.3 Å². The molecule has 0 aliphatic carbocycles. The van der Waals surface area contributed by atoms with Crippen molar-refractivity contribution in [2.24, 2.45) is 0 Å². The summed E-state index contributed by atoms with van der Waals surface area (Å²) in [5.41, 5.74) is 3.10. The minimum atomic E-state index is -0.643. The zero-order valence-corrected chi connectivity index (χ0v) is 21.0. The Balaban J connectivity index is 1.57. The predicted molar refractivity (Wildman–Crippen MR) is 139 cm³/mol. The normalized spacial score (nSPS) is 14.2. The van der Waals surface area contributed by atoms with Gasteiger partial charge < -0.3 is 19.5 Å². The minimum absolute atomic E-state index is 0.195. The standard InChI is InChI=1S/C29H32N2O5/c1-4-34-25-16-20(17-26(35-5-2)27(25)36-6-3)19-30-28(32)24-18-22-14-10-11-15-23(22)31(24)29(33)21-12-8-7-9-13-21/h7-17,24H,4-6,18-19H2,1-3H3,(H,30,32). The van der Waals surface area contributed by atoms with Crippen molar-refractivity contribution in [3.63, 3.8) is 0 Å². The maximum absolute atomic E-state index is 13.4. The van der Waals surface area contributed by atoms with Gasteiger partial charge in [-0.15, -0.1) is 0 Å². The fraction of sp³-hybridized carbons (Fsp3) is 0.310. The first-order chi connectivity index (χ1) is 17.6. The molecule has 0 bridgehead atoms. The summed E-state index contributed by atoms with van der Waals surface area (Å²) in [6.45, 7) is 7.38. The molecular weight excluding hydrogens is 456 g/mol. The molecule has 1 N–H and O–H groups in total. The van der Waals surface area contributed by atoms with Crippen LogP contribution in [0.5, 0.6) is 17.2 Å². The highest BCUT2D eigenvalue weighted by Gasteiger charge is 2.38. The van der Waals surface area contributed by atoms with Crippen LogP contribution < -0.4 is 24.4 Å². The summed E-state index contributed by atoms with van der Waals surface area (Å²) in [6, 6.07) is 19.8. The van der Waals surface area contributed by atoms with Crippen molar-refractivity contribution >= 4 is 17.5 Å². The van der Waals surface area contributed by atoms with Crippen LogP contribution in [0.4, 0.5) is 5.69 Å². The number of benzene rings is 3. The zero-order chi connectivity index (χ0) is 25.5. The first-order valence-corrected chi connectivity index (χ1v) is 12.4. The molecule has 2 amide bonds. The quantitative estimate of drug-likeness (QED) is 0.445. The number of para-hydroxylation sites is 1. The molecule has 0 saturated heterocycles. The molecule has 188 valence electrons. The third-order valence-corrected chi connectivity index (χ3v) is 5.95. The Bertz CT molecular complexity index is 1180. The Morgan fingerprint density at radius 3 is 2.11 bits per heavy atom. The molecule has 0 aromatic heterocycles. The van der Waals surface area contributed by atoms with Gasteiger partial charge in [0.15, 0.2) is 11.5 Å². The SMILES string of the molecule is CCOc1cc(CNC(=O)C2Cc3ccccc3N2C(=O)c2ccccc2)cc(OCC)c1OCC. The lowest BCUT2D eigenvalue weighted by molar-refractivity contribution is -0.122. The first-order valence-electron chi connectivity index (χ1n) is 12.4. The van der Waals surface area contributed by atoms with Gasteiger partial charge in [0.25, 0.3) is 5.91 Å². The summed E-state index contributed by atoms with van der Waals surface area (Å²) in [4.78, 5) is 28.5. The van der Waals surface area contributed by atoms with Crippen LogP contribution in [0.25, 0.3) is 0 Å². The lowest BCUT2D eigenvalue weighted by Gasteiger charge is -2.25. The van der Waals surface area contributed by atoms with E-state index in [2.05, 4.69) is 5.32 Å². The van der Waals surface area contributed by atoms with E-state index in [0.717, 1.165) is 16.8 Å². The summed E-state index contributed by atoms with van der Waals surface area (Å²) >= 11 is 0. The number of hydrogen-bond acceptors (Lipinski definition) is 5. The highest BCUT2D eigenvalue weighted by atomic mass is 16.5. The number of rotatable bonds is 10. The topological polar surface area (TPSA) is 77.1 Å². The van der Waals surface area contributed by atoms with Gasteiger partial charge in [0, 0.05) is 24.2 Å². The maximum Gasteiger partial charge on any atom is 0.259 e. The van der Waals surface area contributed by atoms with Gasteiger partial charge >= 0.3 is 0 Å². The van der Waals surface area contributed by atoms with E-state index in [1.54, 1.807) is 17.0 Å². The molecule has 1 unspecified atom stereocenters. The molecule has 7 heteroatoms. The summed E-state index contributed by atoms with van der Waals surface area (Å²) in [7, 11) is 0. The smallest absolute Gasteiger partial charge is 0.259 e. The fourth-order valence-electron chi connectivity index (χ4n) is 4.42. The highest BCUT2D eigenvalue weighted by molar-refractivity contribution is 6.11. The summed E-state index contributed by atoms with van der Waals surface area (Å²) < 4.78 is 17.4. The van der Waals surface area contributed by atoms with E-state index in [1.165, 1.54) is 0 Å². The van der Waals surface area contributed by atoms with Gasteiger partial charge in [0.1, 0.15) is 6.04 Å². The fourth-order valence-corrected chi connectivity index (χ4v) is 4.42. The summed E-state index contributed by atoms with van der Waals surface area (Å²) in [5, 5.41) is 3.02. The van der Waals surface area contributed by atoms with Gasteiger partial charge in [-0.05, 0) is 62.2 Å². The largest absolute Gasteiger partial charge is 0.490 e. The van der Waals surface area contributed by atoms with Crippen molar-refractivity contribution in [2.45, 2.75) is 39.8 Å². The lowest BCUT2D eigenvalue weighted by Crippen LogP contribution is -2.48. The maximum atomic E-state index is 13.4. The first kappa shape index (κ1) is 25.1. The number of ether oxygens (including phenoxy) is 3. The Kier molecular flexibility index (Phi) is 8.10. The van der Waals surface area contributed by atoms with Crippen LogP contribution in [-0.4, -0.2) is 37.7 Å². The molecule has 0 spiro atoms. The lowest BCUT2D eigenvalue weighted by atomic mass is 10.1. The number of anilines is 1. The van der Waals surface area contributed by atoms with Gasteiger partial charge in [0.2, 0.25) is 11.7 Å². The number of fused-ring (bicyclic) bond motifs is 1. The number of hydrogen-bond donors (Lipinski definition) is 1. The second-order valence-electron chi connectivity index (χ2n) is 8.33. The van der Waals surface area contributed by atoms with E-state index in [4.69, 9.17) is 14.2 Å². The molecule has 1 heterocycles. The van der Waals surface area contributed by atoms with E-state index in [0.29, 0.717) is 49.1 Å². The van der Waals surface area contributed by atoms with Crippen LogP contribution in [-0.2, 0) is 17.8 Å². The Morgan fingerprint density at radius 2 is 1.47 bits per heavy atom. The van der Waals surface area contributed by atoms with Crippen LogP contribution in [0.15, 0.2) is 66.7 Å². The highest BCUT2D eigenvalue weighted by Crippen LogP contribution is 2.39. The van der Waals surface area contributed by atoms with Crippen molar-refractivity contribution < 1.29 is 23.8 Å². The monoisotopic (exact) mass is 488 g/mol. The third kappa shape index (κ3) is 5.30. The predicted octanol–water partition coefficient (Wildman–Crippen LogP) is 4.77. The molecule has 0 saturated carbocycles. The third-order valence-electron chi connectivity index (χ3n) is 5.95. The van der Waals surface area contributed by atoms with Gasteiger partial charge in [-0.25, -0.2) is 0 Å². The van der Waals surface area contributed by atoms with Gasteiger partial charge in [-0.1, -0.05) is 36.4 Å². The van der Waals surface area contributed by atoms with E-state index in [-0.39, 0.29) is 18.4 Å². The number of amides is 2. The number of carbonyl (C=O) groups excluding carboxylic acids is 2. The molecule has 1 aliphatic rings. The van der Waals surface area contributed by atoms with Crippen LogP contribution >= 0.6 is 0 Å². The van der Waals surface area contributed by atoms with Crippen molar-refractivity contribution in [3.05, 3.63) is 83.4 Å².